The summed E-state index contributed by atoms with van der Waals surface area (Å²) in [6, 6.07) is 10.2. The van der Waals surface area contributed by atoms with E-state index in [0.29, 0.717) is 72.0 Å². The third-order valence-corrected chi connectivity index (χ3v) is 5.82. The van der Waals surface area contributed by atoms with Gasteiger partial charge in [0.2, 0.25) is 0 Å². The number of ether oxygens (including phenoxy) is 3. The van der Waals surface area contributed by atoms with E-state index in [-0.39, 0.29) is 24.2 Å². The molecule has 2 aromatic rings. The first kappa shape index (κ1) is 20.8. The van der Waals surface area contributed by atoms with Crippen molar-refractivity contribution in [3.05, 3.63) is 52.0 Å². The second-order valence-electron chi connectivity index (χ2n) is 7.24. The van der Waals surface area contributed by atoms with Crippen LogP contribution in [0.5, 0.6) is 17.2 Å². The van der Waals surface area contributed by atoms with Gasteiger partial charge in [-0.3, -0.25) is 9.59 Å². The van der Waals surface area contributed by atoms with Crippen LogP contribution in [0, 0.1) is 5.92 Å². The van der Waals surface area contributed by atoms with Crippen molar-refractivity contribution in [2.24, 2.45) is 5.92 Å². The van der Waals surface area contributed by atoms with Gasteiger partial charge in [0.15, 0.2) is 23.9 Å². The van der Waals surface area contributed by atoms with Crippen LogP contribution in [0.15, 0.2) is 36.4 Å². The number of amides is 1. The van der Waals surface area contributed by atoms with Crippen molar-refractivity contribution < 1.29 is 23.8 Å². The Morgan fingerprint density at radius 2 is 1.73 bits per heavy atom. The number of rotatable bonds is 5. The number of nitrogens with zero attached hydrogens (tertiary/aromatic N) is 1. The maximum absolute atomic E-state index is 12.9. The zero-order valence-electron chi connectivity index (χ0n) is 16.2. The van der Waals surface area contributed by atoms with E-state index in [1.807, 2.05) is 0 Å². The molecule has 0 spiro atoms. The van der Waals surface area contributed by atoms with Gasteiger partial charge in [-0.25, -0.2) is 0 Å². The summed E-state index contributed by atoms with van der Waals surface area (Å²) < 4.78 is 16.6. The highest BCUT2D eigenvalue weighted by Gasteiger charge is 2.29. The molecule has 0 bridgehead atoms. The maximum atomic E-state index is 12.9. The minimum atomic E-state index is -0.133. The molecule has 0 unspecified atom stereocenters. The van der Waals surface area contributed by atoms with Crippen molar-refractivity contribution in [3.8, 4) is 17.2 Å². The highest BCUT2D eigenvalue weighted by molar-refractivity contribution is 6.35. The van der Waals surface area contributed by atoms with E-state index in [9.17, 15) is 9.59 Å². The van der Waals surface area contributed by atoms with E-state index >= 15 is 0 Å². The van der Waals surface area contributed by atoms with Crippen LogP contribution in [-0.4, -0.2) is 49.5 Å². The summed E-state index contributed by atoms with van der Waals surface area (Å²) >= 11 is 11.9. The van der Waals surface area contributed by atoms with Crippen molar-refractivity contribution >= 4 is 34.9 Å². The normalized spacial score (nSPS) is 16.3. The summed E-state index contributed by atoms with van der Waals surface area (Å²) in [5, 5.41) is 0.863. The minimum Gasteiger partial charge on any atom is -0.486 e. The van der Waals surface area contributed by atoms with Crippen LogP contribution in [0.3, 0.4) is 0 Å². The molecular weight excluding hydrogens is 429 g/mol. The van der Waals surface area contributed by atoms with Gasteiger partial charge in [0.25, 0.3) is 5.91 Å². The van der Waals surface area contributed by atoms with Crippen molar-refractivity contribution in [3.63, 3.8) is 0 Å². The number of halogens is 2. The smallest absolute Gasteiger partial charge is 0.260 e. The molecule has 8 heteroatoms. The number of ketones is 1. The molecule has 1 fully saturated rings. The molecule has 4 rings (SSSR count). The molecule has 0 atom stereocenters. The van der Waals surface area contributed by atoms with Gasteiger partial charge in [-0.1, -0.05) is 23.2 Å². The number of carbonyl (C=O) groups is 2. The van der Waals surface area contributed by atoms with Crippen molar-refractivity contribution in [1.82, 2.24) is 4.90 Å². The molecule has 2 aromatic carbocycles. The lowest BCUT2D eigenvalue weighted by atomic mass is 9.88. The molecule has 0 aliphatic carbocycles. The molecule has 158 valence electrons. The lowest BCUT2D eigenvalue weighted by molar-refractivity contribution is -0.134. The van der Waals surface area contributed by atoms with Gasteiger partial charge in [-0.15, -0.1) is 0 Å². The molecule has 2 aliphatic heterocycles. The Hall–Kier alpha value is -2.44. The lowest BCUT2D eigenvalue weighted by Gasteiger charge is -2.31. The van der Waals surface area contributed by atoms with Crippen molar-refractivity contribution in [2.45, 2.75) is 12.8 Å². The van der Waals surface area contributed by atoms with Gasteiger partial charge in [0.05, 0.1) is 5.02 Å². The number of likely N-dealkylation sites (tertiary alicyclic amines) is 1. The summed E-state index contributed by atoms with van der Waals surface area (Å²) in [5.74, 6) is 1.51. The maximum Gasteiger partial charge on any atom is 0.260 e. The first-order valence-electron chi connectivity index (χ1n) is 9.81. The molecule has 2 heterocycles. The SMILES string of the molecule is O=C(c1ccc2c(c1)OCCO2)C1CCN(C(=O)COc2ccc(Cl)cc2Cl)CC1. The summed E-state index contributed by atoms with van der Waals surface area (Å²) in [7, 11) is 0. The molecule has 0 radical (unpaired) electrons. The monoisotopic (exact) mass is 449 g/mol. The Morgan fingerprint density at radius 3 is 2.47 bits per heavy atom. The summed E-state index contributed by atoms with van der Waals surface area (Å²) in [5.41, 5.74) is 0.616. The number of piperidine rings is 1. The number of Topliss-reactive ketones (excluding diaryl/α,β-unsaturated/α-hetero) is 1. The number of hydrogen-bond acceptors (Lipinski definition) is 5. The summed E-state index contributed by atoms with van der Waals surface area (Å²) in [4.78, 5) is 27.1. The molecule has 0 saturated carbocycles. The predicted molar refractivity (Wildman–Crippen MR) is 113 cm³/mol. The third kappa shape index (κ3) is 4.65. The van der Waals surface area contributed by atoms with Gasteiger partial charge in [-0.2, -0.15) is 0 Å². The van der Waals surface area contributed by atoms with Crippen LogP contribution in [0.1, 0.15) is 23.2 Å². The predicted octanol–water partition coefficient (Wildman–Crippen LogP) is 4.26. The minimum absolute atomic E-state index is 0.0725. The van der Waals surface area contributed by atoms with Crippen LogP contribution < -0.4 is 14.2 Å². The first-order valence-corrected chi connectivity index (χ1v) is 10.6. The Bertz CT molecular complexity index is 957. The van der Waals surface area contributed by atoms with E-state index < -0.39 is 0 Å². The van der Waals surface area contributed by atoms with E-state index in [1.54, 1.807) is 41.3 Å². The van der Waals surface area contributed by atoms with Crippen LogP contribution >= 0.6 is 23.2 Å². The average molecular weight is 450 g/mol. The summed E-state index contributed by atoms with van der Waals surface area (Å²) in [6.45, 7) is 1.91. The van der Waals surface area contributed by atoms with Crippen LogP contribution in [0.4, 0.5) is 0 Å². The molecule has 2 aliphatic rings. The molecule has 0 aromatic heterocycles. The van der Waals surface area contributed by atoms with Crippen LogP contribution in [0.25, 0.3) is 0 Å². The van der Waals surface area contributed by atoms with Gasteiger partial charge < -0.3 is 19.1 Å². The van der Waals surface area contributed by atoms with Crippen LogP contribution in [-0.2, 0) is 4.79 Å². The second kappa shape index (κ2) is 9.14. The van der Waals surface area contributed by atoms with Gasteiger partial charge >= 0.3 is 0 Å². The van der Waals surface area contributed by atoms with Crippen LogP contribution in [0.2, 0.25) is 10.0 Å². The zero-order valence-corrected chi connectivity index (χ0v) is 17.7. The van der Waals surface area contributed by atoms with E-state index in [2.05, 4.69) is 0 Å². The third-order valence-electron chi connectivity index (χ3n) is 5.29. The lowest BCUT2D eigenvalue weighted by Crippen LogP contribution is -2.42. The zero-order chi connectivity index (χ0) is 21.1. The van der Waals surface area contributed by atoms with Gasteiger partial charge in [-0.05, 0) is 49.2 Å². The van der Waals surface area contributed by atoms with E-state index in [0.717, 1.165) is 0 Å². The molecule has 0 N–H and O–H groups in total. The average Bonchev–Trinajstić information content (AvgIpc) is 2.77. The Labute approximate surface area is 184 Å². The standard InChI is InChI=1S/C22H21Cl2NO5/c23-16-2-4-18(17(24)12-16)30-13-21(26)25-7-5-14(6-8-25)22(27)15-1-3-19-20(11-15)29-10-9-28-19/h1-4,11-12,14H,5-10,13H2. The fraction of sp³-hybridized carbons (Fsp3) is 0.364. The van der Waals surface area contributed by atoms with Gasteiger partial charge in [0, 0.05) is 29.6 Å². The second-order valence-corrected chi connectivity index (χ2v) is 8.08. The fourth-order valence-electron chi connectivity index (χ4n) is 3.65. The number of carbonyl (C=O) groups excluding carboxylic acids is 2. The topological polar surface area (TPSA) is 65.1 Å². The first-order chi connectivity index (χ1) is 14.5. The number of fused-ring (bicyclic) bond motifs is 1. The fourth-order valence-corrected chi connectivity index (χ4v) is 4.11. The molecular formula is C22H21Cl2NO5. The highest BCUT2D eigenvalue weighted by atomic mass is 35.5. The molecule has 1 amide bonds. The molecule has 1 saturated heterocycles. The van der Waals surface area contributed by atoms with Gasteiger partial charge in [0.1, 0.15) is 19.0 Å². The van der Waals surface area contributed by atoms with Crippen molar-refractivity contribution in [1.29, 1.82) is 0 Å². The molecule has 6 nitrogen and oxygen atoms in total. The van der Waals surface area contributed by atoms with E-state index in [1.165, 1.54) is 0 Å². The number of benzene rings is 2. The Balaban J connectivity index is 1.30. The number of hydrogen-bond donors (Lipinski definition) is 0. The van der Waals surface area contributed by atoms with E-state index in [4.69, 9.17) is 37.4 Å². The molecule has 30 heavy (non-hydrogen) atoms. The van der Waals surface area contributed by atoms with Crippen molar-refractivity contribution in [2.75, 3.05) is 32.9 Å². The Morgan fingerprint density at radius 1 is 1.00 bits per heavy atom. The highest BCUT2D eigenvalue weighted by Crippen LogP contribution is 2.33. The largest absolute Gasteiger partial charge is 0.486 e. The Kier molecular flexibility index (Phi) is 6.35. The quantitative estimate of drug-likeness (QED) is 0.637. The summed E-state index contributed by atoms with van der Waals surface area (Å²) in [6.07, 6.45) is 1.22.